The Bertz CT molecular complexity index is 523. The first-order chi connectivity index (χ1) is 9.33. The highest BCUT2D eigenvalue weighted by atomic mass is 32.1. The maximum Gasteiger partial charge on any atom is 0.228 e. The maximum absolute atomic E-state index is 12.3. The van der Waals surface area contributed by atoms with Crippen LogP contribution in [0.15, 0.2) is 17.8 Å². The summed E-state index contributed by atoms with van der Waals surface area (Å²) in [5, 5.41) is 2.01. The van der Waals surface area contributed by atoms with Crippen molar-refractivity contribution in [3.63, 3.8) is 0 Å². The summed E-state index contributed by atoms with van der Waals surface area (Å²) in [4.78, 5) is 19.8. The summed E-state index contributed by atoms with van der Waals surface area (Å²) in [5.74, 6) is 0.229. The number of hydrogen-bond donors (Lipinski definition) is 0. The third kappa shape index (κ3) is 2.97. The second kappa shape index (κ2) is 5.74. The van der Waals surface area contributed by atoms with Crippen LogP contribution in [0.1, 0.15) is 37.8 Å². The molecule has 2 aromatic heterocycles. The minimum atomic E-state index is 0.229. The quantitative estimate of drug-likeness (QED) is 0.846. The largest absolute Gasteiger partial charge is 0.342 e. The van der Waals surface area contributed by atoms with Crippen LogP contribution in [0.25, 0.3) is 4.96 Å². The van der Waals surface area contributed by atoms with Crippen molar-refractivity contribution in [3.8, 4) is 0 Å². The molecule has 0 atom stereocenters. The van der Waals surface area contributed by atoms with Crippen molar-refractivity contribution in [2.75, 3.05) is 13.1 Å². The highest BCUT2D eigenvalue weighted by molar-refractivity contribution is 7.15. The van der Waals surface area contributed by atoms with E-state index in [2.05, 4.69) is 4.98 Å². The molecular formula is C14H19N3OS. The average molecular weight is 277 g/mol. The zero-order valence-corrected chi connectivity index (χ0v) is 11.9. The number of rotatable bonds is 2. The van der Waals surface area contributed by atoms with E-state index in [-0.39, 0.29) is 5.91 Å². The molecule has 1 amide bonds. The molecule has 1 aliphatic rings. The number of nitrogens with zero attached hydrogens (tertiary/aromatic N) is 3. The predicted molar refractivity (Wildman–Crippen MR) is 76.4 cm³/mol. The first kappa shape index (κ1) is 12.7. The third-order valence-electron chi connectivity index (χ3n) is 3.68. The molecule has 0 spiro atoms. The van der Waals surface area contributed by atoms with Crippen molar-refractivity contribution in [1.82, 2.24) is 14.3 Å². The Kier molecular flexibility index (Phi) is 3.82. The molecule has 5 heteroatoms. The Labute approximate surface area is 117 Å². The number of carbonyl (C=O) groups excluding carboxylic acids is 1. The lowest BCUT2D eigenvalue weighted by Crippen LogP contribution is -2.34. The van der Waals surface area contributed by atoms with Crippen LogP contribution < -0.4 is 0 Å². The summed E-state index contributed by atoms with van der Waals surface area (Å²) in [5.41, 5.74) is 0.888. The molecule has 0 radical (unpaired) electrons. The van der Waals surface area contributed by atoms with Gasteiger partial charge < -0.3 is 4.90 Å². The molecule has 1 aliphatic heterocycles. The fourth-order valence-corrected chi connectivity index (χ4v) is 3.34. The van der Waals surface area contributed by atoms with Crippen molar-refractivity contribution in [1.29, 1.82) is 0 Å². The topological polar surface area (TPSA) is 37.6 Å². The van der Waals surface area contributed by atoms with Crippen LogP contribution >= 0.6 is 11.3 Å². The van der Waals surface area contributed by atoms with Gasteiger partial charge >= 0.3 is 0 Å². The molecule has 0 aliphatic carbocycles. The molecule has 4 nitrogen and oxygen atoms in total. The molecule has 3 rings (SSSR count). The Balaban J connectivity index is 1.64. The van der Waals surface area contributed by atoms with Crippen LogP contribution in [0.3, 0.4) is 0 Å². The zero-order chi connectivity index (χ0) is 13.1. The molecule has 2 aromatic rings. The summed E-state index contributed by atoms with van der Waals surface area (Å²) in [6.07, 6.45) is 10.5. The van der Waals surface area contributed by atoms with Gasteiger partial charge in [0, 0.05) is 30.9 Å². The highest BCUT2D eigenvalue weighted by Gasteiger charge is 2.16. The van der Waals surface area contributed by atoms with Crippen molar-refractivity contribution < 1.29 is 4.79 Å². The predicted octanol–water partition coefficient (Wildman–Crippen LogP) is 2.73. The van der Waals surface area contributed by atoms with Gasteiger partial charge in [0.25, 0.3) is 0 Å². The van der Waals surface area contributed by atoms with E-state index in [0.717, 1.165) is 36.6 Å². The van der Waals surface area contributed by atoms with Crippen LogP contribution in [0.4, 0.5) is 0 Å². The van der Waals surface area contributed by atoms with Gasteiger partial charge in [-0.05, 0) is 12.8 Å². The maximum atomic E-state index is 12.3. The van der Waals surface area contributed by atoms with Gasteiger partial charge in [0.2, 0.25) is 5.91 Å². The fourth-order valence-electron chi connectivity index (χ4n) is 2.62. The fraction of sp³-hybridized carbons (Fsp3) is 0.571. The van der Waals surface area contributed by atoms with Gasteiger partial charge in [-0.1, -0.05) is 19.3 Å². The molecule has 1 saturated heterocycles. The number of likely N-dealkylation sites (tertiary alicyclic amines) is 1. The van der Waals surface area contributed by atoms with E-state index < -0.39 is 0 Å². The van der Waals surface area contributed by atoms with Crippen molar-refractivity contribution >= 4 is 22.2 Å². The Morgan fingerprint density at radius 3 is 2.68 bits per heavy atom. The molecular weight excluding hydrogens is 258 g/mol. The van der Waals surface area contributed by atoms with E-state index in [1.54, 1.807) is 11.3 Å². The molecule has 0 unspecified atom stereocenters. The van der Waals surface area contributed by atoms with Crippen molar-refractivity contribution in [2.45, 2.75) is 38.5 Å². The van der Waals surface area contributed by atoms with Crippen LogP contribution in [0, 0.1) is 0 Å². The first-order valence-electron chi connectivity index (χ1n) is 7.02. The van der Waals surface area contributed by atoms with E-state index >= 15 is 0 Å². The van der Waals surface area contributed by atoms with Gasteiger partial charge in [-0.2, -0.15) is 0 Å². The lowest BCUT2D eigenvalue weighted by Gasteiger charge is -2.24. The van der Waals surface area contributed by atoms with Crippen molar-refractivity contribution in [3.05, 3.63) is 23.5 Å². The molecule has 102 valence electrons. The molecule has 3 heterocycles. The molecule has 0 bridgehead atoms. The number of imidazole rings is 1. The monoisotopic (exact) mass is 277 g/mol. The van der Waals surface area contributed by atoms with E-state index in [4.69, 9.17) is 0 Å². The molecule has 0 N–H and O–H groups in total. The van der Waals surface area contributed by atoms with Crippen LogP contribution in [0.5, 0.6) is 0 Å². The Morgan fingerprint density at radius 2 is 1.95 bits per heavy atom. The highest BCUT2D eigenvalue weighted by Crippen LogP contribution is 2.14. The number of fused-ring (bicyclic) bond motifs is 1. The van der Waals surface area contributed by atoms with Crippen LogP contribution in [0.2, 0.25) is 0 Å². The summed E-state index contributed by atoms with van der Waals surface area (Å²) in [6, 6.07) is 0. The van der Waals surface area contributed by atoms with Gasteiger partial charge in [-0.15, -0.1) is 11.3 Å². The van der Waals surface area contributed by atoms with E-state index in [1.165, 1.54) is 19.3 Å². The van der Waals surface area contributed by atoms with Gasteiger partial charge in [0.15, 0.2) is 4.96 Å². The molecule has 0 aromatic carbocycles. The number of amides is 1. The van der Waals surface area contributed by atoms with Gasteiger partial charge in [0.05, 0.1) is 12.1 Å². The lowest BCUT2D eigenvalue weighted by molar-refractivity contribution is -0.130. The van der Waals surface area contributed by atoms with Crippen molar-refractivity contribution in [2.24, 2.45) is 0 Å². The summed E-state index contributed by atoms with van der Waals surface area (Å²) in [6.45, 7) is 1.84. The third-order valence-corrected chi connectivity index (χ3v) is 4.45. The number of hydrogen-bond acceptors (Lipinski definition) is 3. The van der Waals surface area contributed by atoms with Crippen LogP contribution in [-0.2, 0) is 11.2 Å². The van der Waals surface area contributed by atoms with Gasteiger partial charge in [0.1, 0.15) is 0 Å². The minimum absolute atomic E-state index is 0.229. The van der Waals surface area contributed by atoms with E-state index in [1.807, 2.05) is 27.1 Å². The minimum Gasteiger partial charge on any atom is -0.342 e. The standard InChI is InChI=1S/C14H19N3OS/c18-13(16-6-4-2-1-3-5-7-16)10-12-11-17-8-9-19-14(17)15-12/h8-9,11H,1-7,10H2. The van der Waals surface area contributed by atoms with E-state index in [0.29, 0.717) is 6.42 Å². The summed E-state index contributed by atoms with van der Waals surface area (Å²) >= 11 is 1.60. The Hall–Kier alpha value is -1.36. The normalized spacial score (nSPS) is 17.4. The molecule has 0 saturated carbocycles. The average Bonchev–Trinajstić information content (AvgIpc) is 2.88. The zero-order valence-electron chi connectivity index (χ0n) is 11.0. The number of carbonyl (C=O) groups is 1. The van der Waals surface area contributed by atoms with Gasteiger partial charge in [-0.3, -0.25) is 9.20 Å². The first-order valence-corrected chi connectivity index (χ1v) is 7.90. The SMILES string of the molecule is O=C(Cc1cn2ccsc2n1)N1CCCCCCC1. The lowest BCUT2D eigenvalue weighted by atomic mass is 10.1. The van der Waals surface area contributed by atoms with E-state index in [9.17, 15) is 4.79 Å². The second-order valence-corrected chi connectivity index (χ2v) is 6.02. The summed E-state index contributed by atoms with van der Waals surface area (Å²) < 4.78 is 1.99. The number of aromatic nitrogens is 2. The smallest absolute Gasteiger partial charge is 0.228 e. The van der Waals surface area contributed by atoms with Crippen LogP contribution in [-0.4, -0.2) is 33.3 Å². The Morgan fingerprint density at radius 1 is 1.21 bits per heavy atom. The van der Waals surface area contributed by atoms with Gasteiger partial charge in [-0.25, -0.2) is 4.98 Å². The second-order valence-electron chi connectivity index (χ2n) is 5.15. The molecule has 1 fully saturated rings. The summed E-state index contributed by atoms with van der Waals surface area (Å²) in [7, 11) is 0. The number of thiazole rings is 1. The molecule has 19 heavy (non-hydrogen) atoms.